The highest BCUT2D eigenvalue weighted by atomic mass is 35.5. The fourth-order valence-corrected chi connectivity index (χ4v) is 2.18. The number of nitrogens with one attached hydrogen (secondary N) is 1. The largest absolute Gasteiger partial charge is 0.478 e. The lowest BCUT2D eigenvalue weighted by Gasteiger charge is -2.07. The molecule has 0 spiro atoms. The summed E-state index contributed by atoms with van der Waals surface area (Å²) in [6.07, 6.45) is 0. The Morgan fingerprint density at radius 1 is 1.22 bits per heavy atom. The number of carboxylic acids is 1. The van der Waals surface area contributed by atoms with Gasteiger partial charge in [0.2, 0.25) is 0 Å². The number of halogens is 1. The summed E-state index contributed by atoms with van der Waals surface area (Å²) in [5.41, 5.74) is 0.599. The van der Waals surface area contributed by atoms with Crippen LogP contribution in [-0.2, 0) is 0 Å². The molecule has 118 valence electrons. The average molecular weight is 335 g/mol. The van der Waals surface area contributed by atoms with E-state index in [0.29, 0.717) is 5.56 Å². The van der Waals surface area contributed by atoms with E-state index in [1.165, 1.54) is 36.4 Å². The van der Waals surface area contributed by atoms with Crippen LogP contribution in [-0.4, -0.2) is 21.9 Å². The maximum atomic E-state index is 12.1. The Labute approximate surface area is 135 Å². The molecule has 0 heterocycles. The number of nitrogens with zero attached hydrogens (tertiary/aromatic N) is 1. The van der Waals surface area contributed by atoms with Gasteiger partial charge in [-0.3, -0.25) is 14.9 Å². The predicted molar refractivity (Wildman–Crippen MR) is 84.2 cm³/mol. The number of aryl methyl sites for hydroxylation is 1. The molecule has 0 atom stereocenters. The van der Waals surface area contributed by atoms with Gasteiger partial charge in [0.1, 0.15) is 0 Å². The summed E-state index contributed by atoms with van der Waals surface area (Å²) in [5, 5.41) is 22.3. The van der Waals surface area contributed by atoms with Crippen molar-refractivity contribution in [2.24, 2.45) is 0 Å². The van der Waals surface area contributed by atoms with Gasteiger partial charge in [0.05, 0.1) is 15.5 Å². The van der Waals surface area contributed by atoms with Gasteiger partial charge in [0.25, 0.3) is 11.6 Å². The predicted octanol–water partition coefficient (Wildman–Crippen LogP) is 3.51. The first-order chi connectivity index (χ1) is 10.8. The SMILES string of the molecule is Cc1ccc(C(=O)Nc2ccc(C(=O)O)c(Cl)c2)cc1[N+](=O)[O-]. The Hall–Kier alpha value is -2.93. The number of rotatable bonds is 4. The van der Waals surface area contributed by atoms with Crippen molar-refractivity contribution in [1.29, 1.82) is 0 Å². The lowest BCUT2D eigenvalue weighted by Crippen LogP contribution is -2.12. The number of carbonyl (C=O) groups is 2. The van der Waals surface area contributed by atoms with Crippen molar-refractivity contribution in [1.82, 2.24) is 0 Å². The molecule has 0 aliphatic carbocycles. The highest BCUT2D eigenvalue weighted by molar-refractivity contribution is 6.33. The lowest BCUT2D eigenvalue weighted by atomic mass is 10.1. The Kier molecular flexibility index (Phi) is 4.61. The van der Waals surface area contributed by atoms with E-state index in [9.17, 15) is 19.7 Å². The molecule has 0 fully saturated rings. The third kappa shape index (κ3) is 3.64. The fourth-order valence-electron chi connectivity index (χ4n) is 1.92. The zero-order chi connectivity index (χ0) is 17.1. The van der Waals surface area contributed by atoms with Crippen molar-refractivity contribution in [3.63, 3.8) is 0 Å². The zero-order valence-corrected chi connectivity index (χ0v) is 12.6. The van der Waals surface area contributed by atoms with Gasteiger partial charge in [0, 0.05) is 22.9 Å². The molecule has 0 aliphatic heterocycles. The first-order valence-electron chi connectivity index (χ1n) is 6.39. The molecule has 2 aromatic carbocycles. The number of anilines is 1. The molecule has 0 aromatic heterocycles. The van der Waals surface area contributed by atoms with E-state index in [2.05, 4.69) is 5.32 Å². The van der Waals surface area contributed by atoms with Gasteiger partial charge in [0.15, 0.2) is 0 Å². The summed E-state index contributed by atoms with van der Waals surface area (Å²) in [6, 6.07) is 8.07. The van der Waals surface area contributed by atoms with E-state index in [0.717, 1.165) is 0 Å². The summed E-state index contributed by atoms with van der Waals surface area (Å²) in [5.74, 6) is -1.74. The van der Waals surface area contributed by atoms with Gasteiger partial charge in [-0.05, 0) is 31.2 Å². The van der Waals surface area contributed by atoms with E-state index in [-0.39, 0.29) is 27.5 Å². The summed E-state index contributed by atoms with van der Waals surface area (Å²) in [6.45, 7) is 1.57. The number of benzene rings is 2. The van der Waals surface area contributed by atoms with Gasteiger partial charge >= 0.3 is 5.97 Å². The van der Waals surface area contributed by atoms with E-state index in [4.69, 9.17) is 16.7 Å². The van der Waals surface area contributed by atoms with Crippen LogP contribution in [0.3, 0.4) is 0 Å². The molecule has 2 rings (SSSR count). The van der Waals surface area contributed by atoms with E-state index in [1.54, 1.807) is 6.92 Å². The minimum atomic E-state index is -1.18. The summed E-state index contributed by atoms with van der Waals surface area (Å²) >= 11 is 5.82. The van der Waals surface area contributed by atoms with Crippen LogP contribution >= 0.6 is 11.6 Å². The van der Waals surface area contributed by atoms with Crippen LogP contribution in [0.1, 0.15) is 26.3 Å². The van der Waals surface area contributed by atoms with Crippen molar-refractivity contribution in [2.75, 3.05) is 5.32 Å². The maximum Gasteiger partial charge on any atom is 0.337 e. The third-order valence-corrected chi connectivity index (χ3v) is 3.44. The van der Waals surface area contributed by atoms with Crippen LogP contribution in [0.5, 0.6) is 0 Å². The number of nitro groups is 1. The smallest absolute Gasteiger partial charge is 0.337 e. The summed E-state index contributed by atoms with van der Waals surface area (Å²) in [7, 11) is 0. The van der Waals surface area contributed by atoms with Crippen LogP contribution in [0.4, 0.5) is 11.4 Å². The highest BCUT2D eigenvalue weighted by Gasteiger charge is 2.16. The molecular formula is C15H11ClN2O5. The maximum absolute atomic E-state index is 12.1. The quantitative estimate of drug-likeness (QED) is 0.656. The van der Waals surface area contributed by atoms with Crippen molar-refractivity contribution < 1.29 is 19.6 Å². The molecule has 0 aliphatic rings. The molecule has 0 radical (unpaired) electrons. The van der Waals surface area contributed by atoms with Crippen molar-refractivity contribution >= 4 is 34.9 Å². The third-order valence-electron chi connectivity index (χ3n) is 3.13. The van der Waals surface area contributed by atoms with Crippen LogP contribution in [0.25, 0.3) is 0 Å². The van der Waals surface area contributed by atoms with Crippen molar-refractivity contribution in [2.45, 2.75) is 6.92 Å². The van der Waals surface area contributed by atoms with Crippen LogP contribution < -0.4 is 5.32 Å². The fraction of sp³-hybridized carbons (Fsp3) is 0.0667. The van der Waals surface area contributed by atoms with Gasteiger partial charge in [-0.2, -0.15) is 0 Å². The molecule has 0 bridgehead atoms. The second kappa shape index (κ2) is 6.45. The molecule has 8 heteroatoms. The molecule has 2 N–H and O–H groups in total. The average Bonchev–Trinajstić information content (AvgIpc) is 2.46. The zero-order valence-electron chi connectivity index (χ0n) is 11.9. The standard InChI is InChI=1S/C15H11ClN2O5/c1-8-2-3-9(6-13(8)18(22)23)14(19)17-10-4-5-11(15(20)21)12(16)7-10/h2-7H,1H3,(H,17,19)(H,20,21). The first kappa shape index (κ1) is 16.4. The summed E-state index contributed by atoms with van der Waals surface area (Å²) < 4.78 is 0. The van der Waals surface area contributed by atoms with Gasteiger partial charge < -0.3 is 10.4 Å². The Bertz CT molecular complexity index is 820. The lowest BCUT2D eigenvalue weighted by molar-refractivity contribution is -0.385. The number of hydrogen-bond donors (Lipinski definition) is 2. The Morgan fingerprint density at radius 2 is 1.91 bits per heavy atom. The normalized spacial score (nSPS) is 10.2. The monoisotopic (exact) mass is 334 g/mol. The molecule has 23 heavy (non-hydrogen) atoms. The number of carbonyl (C=O) groups excluding carboxylic acids is 1. The Morgan fingerprint density at radius 3 is 2.48 bits per heavy atom. The topological polar surface area (TPSA) is 110 Å². The molecule has 7 nitrogen and oxygen atoms in total. The van der Waals surface area contributed by atoms with E-state index < -0.39 is 16.8 Å². The molecule has 0 saturated carbocycles. The van der Waals surface area contributed by atoms with E-state index >= 15 is 0 Å². The molecule has 1 amide bonds. The number of amides is 1. The van der Waals surface area contributed by atoms with Crippen LogP contribution in [0.2, 0.25) is 5.02 Å². The number of aromatic carboxylic acids is 1. The van der Waals surface area contributed by atoms with Gasteiger partial charge in [-0.1, -0.05) is 17.7 Å². The van der Waals surface area contributed by atoms with Crippen molar-refractivity contribution in [3.8, 4) is 0 Å². The first-order valence-corrected chi connectivity index (χ1v) is 6.76. The van der Waals surface area contributed by atoms with E-state index in [1.807, 2.05) is 0 Å². The van der Waals surface area contributed by atoms with Crippen LogP contribution in [0.15, 0.2) is 36.4 Å². The van der Waals surface area contributed by atoms with Crippen molar-refractivity contribution in [3.05, 3.63) is 68.2 Å². The summed E-state index contributed by atoms with van der Waals surface area (Å²) in [4.78, 5) is 33.3. The molecular weight excluding hydrogens is 324 g/mol. The second-order valence-electron chi connectivity index (χ2n) is 4.71. The van der Waals surface area contributed by atoms with Gasteiger partial charge in [-0.25, -0.2) is 4.79 Å². The minimum absolute atomic E-state index is 0.0230. The number of carboxylic acid groups (broad SMARTS) is 1. The molecule has 0 saturated heterocycles. The van der Waals surface area contributed by atoms with Crippen LogP contribution in [0, 0.1) is 17.0 Å². The second-order valence-corrected chi connectivity index (χ2v) is 5.12. The highest BCUT2D eigenvalue weighted by Crippen LogP contribution is 2.23. The number of hydrogen-bond acceptors (Lipinski definition) is 4. The Balaban J connectivity index is 2.26. The number of nitro benzene ring substituents is 1. The minimum Gasteiger partial charge on any atom is -0.478 e. The van der Waals surface area contributed by atoms with Gasteiger partial charge in [-0.15, -0.1) is 0 Å². The molecule has 0 unspecified atom stereocenters. The molecule has 2 aromatic rings.